The van der Waals surface area contributed by atoms with E-state index >= 15 is 0 Å². The summed E-state index contributed by atoms with van der Waals surface area (Å²) in [4.78, 5) is 26.4. The zero-order chi connectivity index (χ0) is 17.5. The summed E-state index contributed by atoms with van der Waals surface area (Å²) in [5.74, 6) is -1.86. The van der Waals surface area contributed by atoms with Crippen molar-refractivity contribution >= 4 is 12.0 Å². The van der Waals surface area contributed by atoms with Gasteiger partial charge in [0, 0.05) is 32.2 Å². The van der Waals surface area contributed by atoms with Gasteiger partial charge in [0.05, 0.1) is 6.54 Å². The normalized spacial score (nSPS) is 10.5. The van der Waals surface area contributed by atoms with Crippen LogP contribution in [0.25, 0.3) is 0 Å². The molecule has 0 aliphatic carbocycles. The van der Waals surface area contributed by atoms with Crippen molar-refractivity contribution in [1.82, 2.24) is 15.2 Å². The number of carbonyl (C=O) groups is 2. The molecule has 0 spiro atoms. The predicted octanol–water partition coefficient (Wildman–Crippen LogP) is -2.74. The van der Waals surface area contributed by atoms with Crippen LogP contribution in [0.2, 0.25) is 0 Å². The molecule has 0 unspecified atom stereocenters. The van der Waals surface area contributed by atoms with Gasteiger partial charge in [-0.3, -0.25) is 0 Å². The summed E-state index contributed by atoms with van der Waals surface area (Å²) in [6, 6.07) is 1.41. The van der Waals surface area contributed by atoms with E-state index in [0.29, 0.717) is 0 Å². The van der Waals surface area contributed by atoms with E-state index < -0.39 is 29.6 Å². The molecule has 24 heavy (non-hydrogen) atoms. The topological polar surface area (TPSA) is 94.6 Å². The molecule has 0 atom stereocenters. The van der Waals surface area contributed by atoms with Crippen LogP contribution in [0.5, 0.6) is 5.88 Å². The number of hydrogen-bond donors (Lipinski definition) is 1. The van der Waals surface area contributed by atoms with Crippen molar-refractivity contribution in [2.24, 2.45) is 0 Å². The fraction of sp³-hybridized carbons (Fsp3) is 0.462. The van der Waals surface area contributed by atoms with E-state index in [1.165, 1.54) is 7.05 Å². The molecule has 0 saturated heterocycles. The minimum atomic E-state index is -4.59. The van der Waals surface area contributed by atoms with Crippen molar-refractivity contribution in [2.45, 2.75) is 12.6 Å². The number of pyridine rings is 1. The number of carboxylic acid groups (broad SMARTS) is 1. The molecule has 0 aliphatic rings. The third-order valence-corrected chi connectivity index (χ3v) is 2.69. The van der Waals surface area contributed by atoms with Gasteiger partial charge in [-0.25, -0.2) is 9.78 Å². The Balaban J connectivity index is 0.00000529. The minimum Gasteiger partial charge on any atom is -0.550 e. The second kappa shape index (κ2) is 10.9. The van der Waals surface area contributed by atoms with E-state index in [-0.39, 0.29) is 77.5 Å². The maximum atomic E-state index is 12.7. The molecular formula is C13H15F3KN3O4. The molecule has 1 N–H and O–H groups in total. The van der Waals surface area contributed by atoms with E-state index in [9.17, 15) is 27.9 Å². The summed E-state index contributed by atoms with van der Waals surface area (Å²) < 4.78 is 43.0. The summed E-state index contributed by atoms with van der Waals surface area (Å²) >= 11 is 0. The van der Waals surface area contributed by atoms with Gasteiger partial charge in [0.2, 0.25) is 5.88 Å². The second-order valence-electron chi connectivity index (χ2n) is 4.48. The number of hydrogen-bond acceptors (Lipinski definition) is 5. The van der Waals surface area contributed by atoms with Crippen molar-refractivity contribution < 1.29 is 84.0 Å². The second-order valence-corrected chi connectivity index (χ2v) is 4.48. The van der Waals surface area contributed by atoms with Crippen molar-refractivity contribution in [1.29, 1.82) is 0 Å². The Hall–Kier alpha value is -0.884. The maximum Gasteiger partial charge on any atom is 1.00 e. The van der Waals surface area contributed by atoms with Crippen LogP contribution in [0.15, 0.2) is 18.3 Å². The number of nitrogens with zero attached hydrogens (tertiary/aromatic N) is 2. The van der Waals surface area contributed by atoms with Crippen LogP contribution in [0.4, 0.5) is 18.0 Å². The first kappa shape index (κ1) is 23.1. The summed E-state index contributed by atoms with van der Waals surface area (Å²) in [6.45, 7) is -0.337. The van der Waals surface area contributed by atoms with Crippen LogP contribution >= 0.6 is 0 Å². The number of halogens is 3. The van der Waals surface area contributed by atoms with Crippen molar-refractivity contribution in [3.05, 3.63) is 23.9 Å². The average molecular weight is 373 g/mol. The number of aliphatic carboxylic acids is 1. The van der Waals surface area contributed by atoms with Gasteiger partial charge in [-0.2, -0.15) is 13.2 Å². The molecule has 0 aromatic carbocycles. The molecule has 2 amide bonds. The number of alkyl halides is 3. The molecule has 7 nitrogen and oxygen atoms in total. The summed E-state index contributed by atoms with van der Waals surface area (Å²) in [5, 5.41) is 12.6. The smallest absolute Gasteiger partial charge is 0.550 e. The molecule has 0 radical (unpaired) electrons. The Bertz CT molecular complexity index is 558. The number of urea groups is 1. The van der Waals surface area contributed by atoms with E-state index in [1.54, 1.807) is 0 Å². The van der Waals surface area contributed by atoms with Crippen LogP contribution in [0.3, 0.4) is 0 Å². The quantitative estimate of drug-likeness (QED) is 0.414. The van der Waals surface area contributed by atoms with E-state index in [2.05, 4.69) is 10.3 Å². The number of carboxylic acids is 1. The summed E-state index contributed by atoms with van der Waals surface area (Å²) in [6.07, 6.45) is -3.74. The first-order valence-electron chi connectivity index (χ1n) is 6.55. The number of nitrogens with one attached hydrogen (secondary N) is 1. The molecule has 1 heterocycles. The van der Waals surface area contributed by atoms with Crippen molar-refractivity contribution in [3.63, 3.8) is 0 Å². The molecular weight excluding hydrogens is 358 g/mol. The van der Waals surface area contributed by atoms with Crippen LogP contribution in [0, 0.1) is 0 Å². The maximum absolute atomic E-state index is 12.7. The Morgan fingerprint density at radius 2 is 2.08 bits per heavy atom. The SMILES string of the molecule is CN(CCC(=O)[O-])C(=O)NCCOc1ncccc1C(F)(F)F.[K+]. The van der Waals surface area contributed by atoms with Crippen LogP contribution in [-0.4, -0.2) is 48.6 Å². The Kier molecular flexibility index (Phi) is 10.5. The van der Waals surface area contributed by atoms with Gasteiger partial charge in [-0.05, 0) is 12.1 Å². The van der Waals surface area contributed by atoms with Crippen LogP contribution in [-0.2, 0) is 11.0 Å². The molecule has 0 saturated carbocycles. The van der Waals surface area contributed by atoms with Gasteiger partial charge in [0.25, 0.3) is 0 Å². The Labute approximate surface area is 179 Å². The molecule has 11 heteroatoms. The number of carbonyl (C=O) groups excluding carboxylic acids is 2. The van der Waals surface area contributed by atoms with Crippen molar-refractivity contribution in [3.8, 4) is 5.88 Å². The number of amides is 2. The zero-order valence-corrected chi connectivity index (χ0v) is 16.3. The Morgan fingerprint density at radius 3 is 2.67 bits per heavy atom. The molecule has 0 bridgehead atoms. The van der Waals surface area contributed by atoms with Gasteiger partial charge < -0.3 is 24.9 Å². The summed E-state index contributed by atoms with van der Waals surface area (Å²) in [7, 11) is 1.37. The van der Waals surface area contributed by atoms with Crippen LogP contribution < -0.4 is 66.5 Å². The van der Waals surface area contributed by atoms with E-state index in [0.717, 1.165) is 23.2 Å². The van der Waals surface area contributed by atoms with Crippen LogP contribution in [0.1, 0.15) is 12.0 Å². The molecule has 0 fully saturated rings. The first-order chi connectivity index (χ1) is 10.7. The number of aromatic nitrogens is 1. The van der Waals surface area contributed by atoms with Gasteiger partial charge >= 0.3 is 63.6 Å². The predicted molar refractivity (Wildman–Crippen MR) is 70.4 cm³/mol. The summed E-state index contributed by atoms with van der Waals surface area (Å²) in [5.41, 5.74) is -1.00. The van der Waals surface area contributed by atoms with E-state index in [1.807, 2.05) is 0 Å². The van der Waals surface area contributed by atoms with Crippen molar-refractivity contribution in [2.75, 3.05) is 26.7 Å². The largest absolute Gasteiger partial charge is 1.00 e. The third-order valence-electron chi connectivity index (χ3n) is 2.69. The monoisotopic (exact) mass is 373 g/mol. The Morgan fingerprint density at radius 1 is 1.42 bits per heavy atom. The zero-order valence-electron chi connectivity index (χ0n) is 13.2. The van der Waals surface area contributed by atoms with Gasteiger partial charge in [0.1, 0.15) is 12.2 Å². The molecule has 1 aromatic heterocycles. The molecule has 128 valence electrons. The first-order valence-corrected chi connectivity index (χ1v) is 6.55. The fourth-order valence-electron chi connectivity index (χ4n) is 1.52. The standard InChI is InChI=1S/C13H16F3N3O4.K/c1-19(7-4-10(20)21)12(22)18-6-8-23-11-9(13(14,15)16)3-2-5-17-11;/h2-3,5H,4,6-8H2,1H3,(H,18,22)(H,20,21);/q;+1/p-1. The number of ether oxygens (including phenoxy) is 1. The fourth-order valence-corrected chi connectivity index (χ4v) is 1.52. The van der Waals surface area contributed by atoms with Gasteiger partial charge in [-0.15, -0.1) is 0 Å². The molecule has 1 rings (SSSR count). The van der Waals surface area contributed by atoms with Gasteiger partial charge in [0.15, 0.2) is 0 Å². The van der Waals surface area contributed by atoms with E-state index in [4.69, 9.17) is 4.74 Å². The minimum absolute atomic E-state index is 0. The average Bonchev–Trinajstić information content (AvgIpc) is 2.48. The third kappa shape index (κ3) is 8.28. The molecule has 1 aromatic rings. The molecule has 0 aliphatic heterocycles. The number of rotatable bonds is 7. The van der Waals surface area contributed by atoms with Gasteiger partial charge in [-0.1, -0.05) is 0 Å².